The lowest BCUT2D eigenvalue weighted by atomic mass is 10.1. The highest BCUT2D eigenvalue weighted by molar-refractivity contribution is 6.30. The molecular formula is C13H15ClFNO2. The molecule has 0 aromatic heterocycles. The van der Waals surface area contributed by atoms with Gasteiger partial charge in [0.25, 0.3) is 0 Å². The molecule has 0 saturated carbocycles. The number of hydrogen-bond acceptors (Lipinski definition) is 2. The van der Waals surface area contributed by atoms with Crippen LogP contribution in [0.5, 0.6) is 0 Å². The summed E-state index contributed by atoms with van der Waals surface area (Å²) in [5.74, 6) is -0.698. The molecule has 1 aromatic rings. The van der Waals surface area contributed by atoms with E-state index in [1.165, 1.54) is 18.2 Å². The van der Waals surface area contributed by atoms with Crippen LogP contribution in [0.15, 0.2) is 18.2 Å². The second-order valence-electron chi connectivity index (χ2n) is 4.35. The molecule has 1 saturated heterocycles. The van der Waals surface area contributed by atoms with Gasteiger partial charge in [0.05, 0.1) is 11.8 Å². The maximum Gasteiger partial charge on any atom is 0.224 e. The molecule has 1 heterocycles. The Labute approximate surface area is 110 Å². The average Bonchev–Trinajstić information content (AvgIpc) is 2.84. The number of carbonyl (C=O) groups excluding carboxylic acids is 1. The molecule has 0 bridgehead atoms. The molecule has 1 N–H and O–H groups in total. The molecule has 1 aromatic carbocycles. The Morgan fingerprint density at radius 3 is 3.11 bits per heavy atom. The number of halogens is 2. The lowest BCUT2D eigenvalue weighted by Gasteiger charge is -2.10. The fourth-order valence-corrected chi connectivity index (χ4v) is 2.14. The molecule has 0 spiro atoms. The summed E-state index contributed by atoms with van der Waals surface area (Å²) in [7, 11) is 0. The molecule has 1 aliphatic rings. The zero-order valence-corrected chi connectivity index (χ0v) is 10.7. The van der Waals surface area contributed by atoms with Crippen LogP contribution in [0.4, 0.5) is 10.1 Å². The highest BCUT2D eigenvalue weighted by Gasteiger charge is 2.17. The van der Waals surface area contributed by atoms with Crippen LogP contribution in [-0.2, 0) is 9.53 Å². The van der Waals surface area contributed by atoms with Crippen molar-refractivity contribution in [3.8, 4) is 0 Å². The van der Waals surface area contributed by atoms with Crippen LogP contribution in [-0.4, -0.2) is 18.6 Å². The van der Waals surface area contributed by atoms with E-state index in [9.17, 15) is 9.18 Å². The number of anilines is 1. The fourth-order valence-electron chi connectivity index (χ4n) is 1.97. The van der Waals surface area contributed by atoms with E-state index in [1.807, 2.05) is 0 Å². The third kappa shape index (κ3) is 3.68. The predicted octanol–water partition coefficient (Wildman–Crippen LogP) is 3.38. The average molecular weight is 272 g/mol. The van der Waals surface area contributed by atoms with E-state index in [0.717, 1.165) is 19.4 Å². The van der Waals surface area contributed by atoms with Gasteiger partial charge < -0.3 is 10.1 Å². The zero-order valence-electron chi connectivity index (χ0n) is 9.92. The largest absolute Gasteiger partial charge is 0.378 e. The highest BCUT2D eigenvalue weighted by atomic mass is 35.5. The summed E-state index contributed by atoms with van der Waals surface area (Å²) in [5, 5.41) is 2.92. The Bertz CT molecular complexity index is 433. The lowest BCUT2D eigenvalue weighted by molar-refractivity contribution is -0.116. The van der Waals surface area contributed by atoms with Gasteiger partial charge in [-0.25, -0.2) is 4.39 Å². The summed E-state index contributed by atoms with van der Waals surface area (Å²) < 4.78 is 18.8. The van der Waals surface area contributed by atoms with Crippen LogP contribution in [0, 0.1) is 5.82 Å². The Morgan fingerprint density at radius 1 is 1.56 bits per heavy atom. The minimum atomic E-state index is -0.482. The van der Waals surface area contributed by atoms with E-state index in [1.54, 1.807) is 0 Å². The van der Waals surface area contributed by atoms with Gasteiger partial charge in [0.15, 0.2) is 0 Å². The Morgan fingerprint density at radius 2 is 2.39 bits per heavy atom. The number of rotatable bonds is 4. The van der Waals surface area contributed by atoms with Gasteiger partial charge in [-0.15, -0.1) is 0 Å². The summed E-state index contributed by atoms with van der Waals surface area (Å²) in [6.45, 7) is 0.773. The van der Waals surface area contributed by atoms with E-state index in [-0.39, 0.29) is 17.7 Å². The topological polar surface area (TPSA) is 38.3 Å². The molecule has 3 nitrogen and oxygen atoms in total. The van der Waals surface area contributed by atoms with Crippen molar-refractivity contribution in [1.29, 1.82) is 0 Å². The number of nitrogens with one attached hydrogen (secondary N) is 1. The van der Waals surface area contributed by atoms with Gasteiger partial charge in [0.1, 0.15) is 5.82 Å². The van der Waals surface area contributed by atoms with Crippen LogP contribution in [0.3, 0.4) is 0 Å². The van der Waals surface area contributed by atoms with Crippen LogP contribution >= 0.6 is 11.6 Å². The first kappa shape index (κ1) is 13.3. The van der Waals surface area contributed by atoms with Gasteiger partial charge in [-0.2, -0.15) is 0 Å². The van der Waals surface area contributed by atoms with Gasteiger partial charge in [-0.3, -0.25) is 4.79 Å². The van der Waals surface area contributed by atoms with Crippen molar-refractivity contribution in [1.82, 2.24) is 0 Å². The van der Waals surface area contributed by atoms with Gasteiger partial charge in [0, 0.05) is 18.1 Å². The van der Waals surface area contributed by atoms with Crippen molar-refractivity contribution in [2.75, 3.05) is 11.9 Å². The maximum absolute atomic E-state index is 13.4. The SMILES string of the molecule is O=C(CCC1CCCO1)Nc1cc(Cl)ccc1F. The number of amides is 1. The first-order valence-electron chi connectivity index (χ1n) is 6.01. The standard InChI is InChI=1S/C13H15ClFNO2/c14-9-3-5-11(15)12(8-9)16-13(17)6-4-10-2-1-7-18-10/h3,5,8,10H,1-2,4,6-7H2,(H,16,17). The number of carbonyl (C=O) groups is 1. The van der Waals surface area contributed by atoms with E-state index in [2.05, 4.69) is 5.32 Å². The van der Waals surface area contributed by atoms with Crippen LogP contribution in [0.1, 0.15) is 25.7 Å². The highest BCUT2D eigenvalue weighted by Crippen LogP contribution is 2.21. The van der Waals surface area contributed by atoms with E-state index in [0.29, 0.717) is 17.9 Å². The molecule has 1 aliphatic heterocycles. The molecule has 1 amide bonds. The Kier molecular flexibility index (Phi) is 4.55. The van der Waals surface area contributed by atoms with Gasteiger partial charge in [0.2, 0.25) is 5.91 Å². The third-order valence-corrected chi connectivity index (χ3v) is 3.15. The number of hydrogen-bond donors (Lipinski definition) is 1. The number of benzene rings is 1. The smallest absolute Gasteiger partial charge is 0.224 e. The van der Waals surface area contributed by atoms with Gasteiger partial charge in [-0.05, 0) is 37.5 Å². The lowest BCUT2D eigenvalue weighted by Crippen LogP contribution is -2.15. The maximum atomic E-state index is 13.4. The van der Waals surface area contributed by atoms with Crippen molar-refractivity contribution >= 4 is 23.2 Å². The van der Waals surface area contributed by atoms with Crippen molar-refractivity contribution in [3.63, 3.8) is 0 Å². The number of ether oxygens (including phenoxy) is 1. The minimum Gasteiger partial charge on any atom is -0.378 e. The Balaban J connectivity index is 1.84. The molecular weight excluding hydrogens is 257 g/mol. The van der Waals surface area contributed by atoms with Crippen molar-refractivity contribution in [2.45, 2.75) is 31.8 Å². The van der Waals surface area contributed by atoms with E-state index in [4.69, 9.17) is 16.3 Å². The van der Waals surface area contributed by atoms with Gasteiger partial charge >= 0.3 is 0 Å². The summed E-state index contributed by atoms with van der Waals surface area (Å²) in [6, 6.07) is 4.08. The second-order valence-corrected chi connectivity index (χ2v) is 4.78. The molecule has 0 aliphatic carbocycles. The zero-order chi connectivity index (χ0) is 13.0. The Hall–Kier alpha value is -1.13. The van der Waals surface area contributed by atoms with Crippen LogP contribution in [0.2, 0.25) is 5.02 Å². The molecule has 98 valence electrons. The van der Waals surface area contributed by atoms with Gasteiger partial charge in [-0.1, -0.05) is 11.6 Å². The molecule has 18 heavy (non-hydrogen) atoms. The second kappa shape index (κ2) is 6.16. The monoisotopic (exact) mass is 271 g/mol. The third-order valence-electron chi connectivity index (χ3n) is 2.92. The van der Waals surface area contributed by atoms with Crippen LogP contribution in [0.25, 0.3) is 0 Å². The first-order valence-corrected chi connectivity index (χ1v) is 6.39. The normalized spacial score (nSPS) is 18.9. The molecule has 1 unspecified atom stereocenters. The minimum absolute atomic E-state index is 0.125. The van der Waals surface area contributed by atoms with E-state index < -0.39 is 5.82 Å². The quantitative estimate of drug-likeness (QED) is 0.912. The van der Waals surface area contributed by atoms with Crippen LogP contribution < -0.4 is 5.32 Å². The van der Waals surface area contributed by atoms with Crippen molar-refractivity contribution < 1.29 is 13.9 Å². The molecule has 2 rings (SSSR count). The first-order chi connectivity index (χ1) is 8.65. The fraction of sp³-hybridized carbons (Fsp3) is 0.462. The van der Waals surface area contributed by atoms with Crippen molar-refractivity contribution in [3.05, 3.63) is 29.0 Å². The molecule has 0 radical (unpaired) electrons. The van der Waals surface area contributed by atoms with E-state index >= 15 is 0 Å². The molecule has 1 fully saturated rings. The molecule has 5 heteroatoms. The summed E-state index contributed by atoms with van der Waals surface area (Å²) in [4.78, 5) is 11.7. The summed E-state index contributed by atoms with van der Waals surface area (Å²) >= 11 is 5.74. The summed E-state index contributed by atoms with van der Waals surface area (Å²) in [5.41, 5.74) is 0.125. The van der Waals surface area contributed by atoms with Crippen molar-refractivity contribution in [2.24, 2.45) is 0 Å². The summed E-state index contributed by atoms with van der Waals surface area (Å²) in [6.07, 6.45) is 3.22. The molecule has 1 atom stereocenters. The predicted molar refractivity (Wildman–Crippen MR) is 68.2 cm³/mol.